The summed E-state index contributed by atoms with van der Waals surface area (Å²) in [7, 11) is 0. The van der Waals surface area contributed by atoms with E-state index in [1.54, 1.807) is 12.1 Å². The maximum atomic E-state index is 12.9. The summed E-state index contributed by atoms with van der Waals surface area (Å²) >= 11 is 12.0. The number of hydrogen-bond acceptors (Lipinski definition) is 3. The molecule has 4 nitrogen and oxygen atoms in total. The Hall–Kier alpha value is -1.65. The van der Waals surface area contributed by atoms with E-state index < -0.39 is 0 Å². The van der Waals surface area contributed by atoms with Crippen molar-refractivity contribution in [3.63, 3.8) is 0 Å². The van der Waals surface area contributed by atoms with E-state index in [9.17, 15) is 9.59 Å². The highest BCUT2D eigenvalue weighted by atomic mass is 35.5. The van der Waals surface area contributed by atoms with E-state index >= 15 is 0 Å². The van der Waals surface area contributed by atoms with Gasteiger partial charge >= 0.3 is 0 Å². The van der Waals surface area contributed by atoms with Gasteiger partial charge in [-0.3, -0.25) is 9.59 Å². The Labute approximate surface area is 151 Å². The van der Waals surface area contributed by atoms with Crippen LogP contribution < -0.4 is 0 Å². The van der Waals surface area contributed by atoms with Crippen molar-refractivity contribution in [2.75, 3.05) is 0 Å². The average Bonchev–Trinajstić information content (AvgIpc) is 2.93. The first-order chi connectivity index (χ1) is 11.4. The molecule has 1 aromatic carbocycles. The fraction of sp³-hybridized carbons (Fsp3) is 0.389. The first-order valence-electron chi connectivity index (χ1n) is 8.00. The van der Waals surface area contributed by atoms with Crippen LogP contribution in [-0.4, -0.2) is 21.6 Å². The minimum absolute atomic E-state index is 0.0971. The lowest BCUT2D eigenvalue weighted by Gasteiger charge is -2.16. The lowest BCUT2D eigenvalue weighted by Crippen LogP contribution is -2.13. The van der Waals surface area contributed by atoms with Crippen molar-refractivity contribution in [3.05, 3.63) is 51.0 Å². The van der Waals surface area contributed by atoms with Crippen LogP contribution in [0.25, 0.3) is 0 Å². The number of carbonyl (C=O) groups excluding carboxylic acids is 2. The number of halogens is 2. The lowest BCUT2D eigenvalue weighted by atomic mass is 10.1. The van der Waals surface area contributed by atoms with Crippen molar-refractivity contribution in [2.24, 2.45) is 0 Å². The molecule has 1 unspecified atom stereocenters. The van der Waals surface area contributed by atoms with Gasteiger partial charge in [0.05, 0.1) is 5.02 Å². The van der Waals surface area contributed by atoms with Gasteiger partial charge in [0.15, 0.2) is 6.29 Å². The summed E-state index contributed by atoms with van der Waals surface area (Å²) in [4.78, 5) is 29.0. The molecule has 2 aromatic rings. The molecule has 2 rings (SSSR count). The van der Waals surface area contributed by atoms with Crippen LogP contribution >= 0.6 is 23.2 Å². The third-order valence-corrected chi connectivity index (χ3v) is 4.53. The Kier molecular flexibility index (Phi) is 6.19. The Balaban J connectivity index is 2.57. The number of ketones is 1. The number of nitrogens with zero attached hydrogens (tertiary/aromatic N) is 2. The Morgan fingerprint density at radius 2 is 2.04 bits per heavy atom. The molecule has 0 bridgehead atoms. The normalized spacial score (nSPS) is 12.2. The second-order valence-electron chi connectivity index (χ2n) is 5.69. The quantitative estimate of drug-likeness (QED) is 0.502. The molecular weight excluding hydrogens is 347 g/mol. The number of hydrogen-bond donors (Lipinski definition) is 0. The average molecular weight is 367 g/mol. The smallest absolute Gasteiger partial charge is 0.215 e. The van der Waals surface area contributed by atoms with Crippen molar-refractivity contribution in [2.45, 2.75) is 46.1 Å². The maximum Gasteiger partial charge on any atom is 0.215 e. The second-order valence-corrected chi connectivity index (χ2v) is 6.54. The number of imidazole rings is 1. The van der Waals surface area contributed by atoms with Crippen molar-refractivity contribution in [3.8, 4) is 0 Å². The standard InChI is InChI=1S/C18H20Cl2N2O2/c1-4-6-11(3)22-15(10-23)17(21-16(22)5-2)18(24)13-8-7-12(19)9-14(13)20/h7-11H,4-6H2,1-3H3. The highest BCUT2D eigenvalue weighted by molar-refractivity contribution is 6.37. The van der Waals surface area contributed by atoms with Crippen molar-refractivity contribution in [1.29, 1.82) is 0 Å². The SMILES string of the molecule is CCCC(C)n1c(CC)nc(C(=O)c2ccc(Cl)cc2Cl)c1C=O. The summed E-state index contributed by atoms with van der Waals surface area (Å²) in [5, 5.41) is 0.696. The highest BCUT2D eigenvalue weighted by Gasteiger charge is 2.25. The molecule has 0 spiro atoms. The van der Waals surface area contributed by atoms with Crippen LogP contribution in [-0.2, 0) is 6.42 Å². The van der Waals surface area contributed by atoms with Crippen LogP contribution in [0.2, 0.25) is 10.0 Å². The summed E-state index contributed by atoms with van der Waals surface area (Å²) in [5.41, 5.74) is 0.748. The van der Waals surface area contributed by atoms with E-state index in [2.05, 4.69) is 11.9 Å². The second kappa shape index (κ2) is 7.95. The van der Waals surface area contributed by atoms with E-state index in [0.717, 1.165) is 18.7 Å². The van der Waals surface area contributed by atoms with Crippen molar-refractivity contribution >= 4 is 35.3 Å². The van der Waals surface area contributed by atoms with E-state index in [1.807, 2.05) is 18.4 Å². The van der Waals surface area contributed by atoms with E-state index in [-0.39, 0.29) is 22.5 Å². The van der Waals surface area contributed by atoms with E-state index in [1.165, 1.54) is 6.07 Å². The largest absolute Gasteiger partial charge is 0.322 e. The Morgan fingerprint density at radius 1 is 1.33 bits per heavy atom. The number of aryl methyl sites for hydroxylation is 1. The molecule has 1 heterocycles. The van der Waals surface area contributed by atoms with Gasteiger partial charge in [-0.25, -0.2) is 4.98 Å². The molecule has 0 aliphatic carbocycles. The van der Waals surface area contributed by atoms with E-state index in [4.69, 9.17) is 23.2 Å². The molecule has 1 aromatic heterocycles. The first-order valence-corrected chi connectivity index (χ1v) is 8.76. The number of carbonyl (C=O) groups is 2. The predicted molar refractivity (Wildman–Crippen MR) is 96.5 cm³/mol. The molecule has 0 saturated carbocycles. The third-order valence-electron chi connectivity index (χ3n) is 3.99. The number of benzene rings is 1. The van der Waals surface area contributed by atoms with Crippen molar-refractivity contribution < 1.29 is 9.59 Å². The molecule has 1 atom stereocenters. The zero-order chi connectivity index (χ0) is 17.9. The van der Waals surface area contributed by atoms with Crippen LogP contribution in [0.3, 0.4) is 0 Å². The van der Waals surface area contributed by atoms with Gasteiger partial charge in [-0.15, -0.1) is 0 Å². The predicted octanol–water partition coefficient (Wildman–Crippen LogP) is 5.16. The van der Waals surface area contributed by atoms with Gasteiger partial charge in [0, 0.05) is 23.0 Å². The molecule has 0 saturated heterocycles. The molecule has 0 N–H and O–H groups in total. The van der Waals surface area contributed by atoms with Gasteiger partial charge in [0.1, 0.15) is 17.2 Å². The monoisotopic (exact) mass is 366 g/mol. The van der Waals surface area contributed by atoms with Gasteiger partial charge in [-0.05, 0) is 31.5 Å². The highest BCUT2D eigenvalue weighted by Crippen LogP contribution is 2.27. The summed E-state index contributed by atoms with van der Waals surface area (Å²) in [6, 6.07) is 4.76. The summed E-state index contributed by atoms with van der Waals surface area (Å²) in [5.74, 6) is 0.363. The van der Waals surface area contributed by atoms with Gasteiger partial charge < -0.3 is 4.57 Å². The number of aldehydes is 1. The Morgan fingerprint density at radius 3 is 2.58 bits per heavy atom. The molecule has 0 fully saturated rings. The molecule has 0 amide bonds. The first kappa shape index (κ1) is 18.7. The lowest BCUT2D eigenvalue weighted by molar-refractivity contribution is 0.102. The van der Waals surface area contributed by atoms with Crippen molar-refractivity contribution in [1.82, 2.24) is 9.55 Å². The topological polar surface area (TPSA) is 52.0 Å². The van der Waals surface area contributed by atoms with Crippen LogP contribution in [0.1, 0.15) is 72.0 Å². The number of aromatic nitrogens is 2. The van der Waals surface area contributed by atoms with Gasteiger partial charge in [-0.2, -0.15) is 0 Å². The van der Waals surface area contributed by atoms with E-state index in [0.29, 0.717) is 29.0 Å². The zero-order valence-corrected chi connectivity index (χ0v) is 15.5. The molecule has 0 aliphatic rings. The molecule has 0 aliphatic heterocycles. The molecular formula is C18H20Cl2N2O2. The third kappa shape index (κ3) is 3.55. The molecule has 6 heteroatoms. The number of rotatable bonds is 7. The van der Waals surface area contributed by atoms with Crippen LogP contribution in [0.4, 0.5) is 0 Å². The minimum atomic E-state index is -0.365. The van der Waals surface area contributed by atoms with Crippen LogP contribution in [0, 0.1) is 0 Å². The van der Waals surface area contributed by atoms with Gasteiger partial charge in [0.2, 0.25) is 5.78 Å². The summed E-state index contributed by atoms with van der Waals surface area (Å²) in [6.07, 6.45) is 3.22. The summed E-state index contributed by atoms with van der Waals surface area (Å²) < 4.78 is 1.87. The van der Waals surface area contributed by atoms with Crippen LogP contribution in [0.5, 0.6) is 0 Å². The zero-order valence-electron chi connectivity index (χ0n) is 14.0. The van der Waals surface area contributed by atoms with Gasteiger partial charge in [-0.1, -0.05) is 43.5 Å². The van der Waals surface area contributed by atoms with Gasteiger partial charge in [0.25, 0.3) is 0 Å². The van der Waals surface area contributed by atoms with Crippen LogP contribution in [0.15, 0.2) is 18.2 Å². The fourth-order valence-corrected chi connectivity index (χ4v) is 3.36. The molecule has 128 valence electrons. The minimum Gasteiger partial charge on any atom is -0.322 e. The maximum absolute atomic E-state index is 12.9. The summed E-state index contributed by atoms with van der Waals surface area (Å²) in [6.45, 7) is 6.07. The fourth-order valence-electron chi connectivity index (χ4n) is 2.86. The molecule has 24 heavy (non-hydrogen) atoms. The molecule has 0 radical (unpaired) electrons. The Bertz CT molecular complexity index is 769.